The molecule has 5 nitrogen and oxygen atoms in total. The lowest BCUT2D eigenvalue weighted by Crippen LogP contribution is -2.31. The maximum atomic E-state index is 13.4. The SMILES string of the molecule is NC(CNc1ncc(-c2ccc3cnc(F)cc3c2)s1)Cc1ccc(C(F)(F)F)nc1. The molecular formula is C21H17F4N5S. The molecule has 0 saturated heterocycles. The third kappa shape index (κ3) is 5.15. The fourth-order valence-electron chi connectivity index (χ4n) is 3.06. The van der Waals surface area contributed by atoms with E-state index in [-0.39, 0.29) is 6.04 Å². The highest BCUT2D eigenvalue weighted by Gasteiger charge is 2.32. The number of aromatic nitrogens is 3. The van der Waals surface area contributed by atoms with Crippen molar-refractivity contribution in [2.24, 2.45) is 5.73 Å². The van der Waals surface area contributed by atoms with Gasteiger partial charge in [-0.1, -0.05) is 29.5 Å². The monoisotopic (exact) mass is 447 g/mol. The van der Waals surface area contributed by atoms with Gasteiger partial charge in [0.25, 0.3) is 0 Å². The Kier molecular flexibility index (Phi) is 5.84. The molecule has 0 aliphatic carbocycles. The maximum Gasteiger partial charge on any atom is 0.433 e. The molecule has 0 bridgehead atoms. The summed E-state index contributed by atoms with van der Waals surface area (Å²) >= 11 is 1.43. The maximum absolute atomic E-state index is 13.4. The number of rotatable bonds is 6. The Labute approximate surface area is 179 Å². The first-order valence-electron chi connectivity index (χ1n) is 9.31. The molecule has 1 aromatic carbocycles. The van der Waals surface area contributed by atoms with Gasteiger partial charge in [-0.2, -0.15) is 17.6 Å². The average Bonchev–Trinajstić information content (AvgIpc) is 3.20. The third-order valence-electron chi connectivity index (χ3n) is 4.61. The number of benzene rings is 1. The van der Waals surface area contributed by atoms with E-state index in [9.17, 15) is 17.6 Å². The number of anilines is 1. The van der Waals surface area contributed by atoms with Crippen molar-refractivity contribution >= 4 is 27.2 Å². The fourth-order valence-corrected chi connectivity index (χ4v) is 3.88. The third-order valence-corrected chi connectivity index (χ3v) is 5.61. The summed E-state index contributed by atoms with van der Waals surface area (Å²) in [4.78, 5) is 12.3. The van der Waals surface area contributed by atoms with Gasteiger partial charge in [0.05, 0.1) is 4.88 Å². The summed E-state index contributed by atoms with van der Waals surface area (Å²) in [6.07, 6.45) is 0.322. The summed E-state index contributed by atoms with van der Waals surface area (Å²) < 4.78 is 51.1. The van der Waals surface area contributed by atoms with Gasteiger partial charge in [0.2, 0.25) is 5.95 Å². The van der Waals surface area contributed by atoms with E-state index >= 15 is 0 Å². The summed E-state index contributed by atoms with van der Waals surface area (Å²) in [5.74, 6) is -0.534. The zero-order valence-corrected chi connectivity index (χ0v) is 16.8. The van der Waals surface area contributed by atoms with E-state index in [1.54, 1.807) is 6.20 Å². The normalized spacial score (nSPS) is 12.8. The highest BCUT2D eigenvalue weighted by Crippen LogP contribution is 2.31. The van der Waals surface area contributed by atoms with Crippen molar-refractivity contribution in [1.29, 1.82) is 0 Å². The molecular weight excluding hydrogens is 430 g/mol. The summed E-state index contributed by atoms with van der Waals surface area (Å²) in [6, 6.07) is 9.06. The number of fused-ring (bicyclic) bond motifs is 1. The Morgan fingerprint density at radius 3 is 2.55 bits per heavy atom. The molecule has 0 radical (unpaired) electrons. The molecule has 10 heteroatoms. The number of nitrogens with one attached hydrogen (secondary N) is 1. The van der Waals surface area contributed by atoms with Gasteiger partial charge in [-0.15, -0.1) is 0 Å². The first-order valence-corrected chi connectivity index (χ1v) is 10.1. The molecule has 160 valence electrons. The van der Waals surface area contributed by atoms with Gasteiger partial charge in [-0.3, -0.25) is 4.98 Å². The Hall–Kier alpha value is -3.11. The van der Waals surface area contributed by atoms with Crippen LogP contribution in [0.25, 0.3) is 21.2 Å². The minimum atomic E-state index is -4.46. The zero-order chi connectivity index (χ0) is 22.0. The summed E-state index contributed by atoms with van der Waals surface area (Å²) in [6.45, 7) is 0.391. The molecule has 3 N–H and O–H groups in total. The number of hydrogen-bond donors (Lipinski definition) is 2. The Balaban J connectivity index is 1.37. The van der Waals surface area contributed by atoms with Crippen molar-refractivity contribution in [1.82, 2.24) is 15.0 Å². The highest BCUT2D eigenvalue weighted by molar-refractivity contribution is 7.18. The lowest BCUT2D eigenvalue weighted by molar-refractivity contribution is -0.141. The minimum Gasteiger partial charge on any atom is -0.360 e. The number of alkyl halides is 3. The van der Waals surface area contributed by atoms with Crippen LogP contribution in [-0.2, 0) is 12.6 Å². The number of halogens is 4. The molecule has 1 unspecified atom stereocenters. The second-order valence-corrected chi connectivity index (χ2v) is 8.02. The fraction of sp³-hybridized carbons (Fsp3) is 0.190. The van der Waals surface area contributed by atoms with Crippen molar-refractivity contribution in [3.05, 3.63) is 72.2 Å². The zero-order valence-electron chi connectivity index (χ0n) is 16.0. The van der Waals surface area contributed by atoms with Gasteiger partial charge < -0.3 is 11.1 Å². The summed E-state index contributed by atoms with van der Waals surface area (Å²) in [5.41, 5.74) is 6.70. The predicted molar refractivity (Wildman–Crippen MR) is 112 cm³/mol. The van der Waals surface area contributed by atoms with Crippen molar-refractivity contribution in [2.45, 2.75) is 18.6 Å². The van der Waals surface area contributed by atoms with E-state index in [1.165, 1.54) is 35.9 Å². The molecule has 0 amide bonds. The number of thiazole rings is 1. The van der Waals surface area contributed by atoms with Crippen LogP contribution in [0.5, 0.6) is 0 Å². The van der Waals surface area contributed by atoms with Crippen LogP contribution in [0.3, 0.4) is 0 Å². The van der Waals surface area contributed by atoms with E-state index < -0.39 is 17.8 Å². The van der Waals surface area contributed by atoms with Crippen LogP contribution in [0.1, 0.15) is 11.3 Å². The minimum absolute atomic E-state index is 0.331. The van der Waals surface area contributed by atoms with Gasteiger partial charge in [0.1, 0.15) is 5.69 Å². The molecule has 3 aromatic heterocycles. The molecule has 31 heavy (non-hydrogen) atoms. The van der Waals surface area contributed by atoms with Crippen LogP contribution in [0.15, 0.2) is 55.0 Å². The summed E-state index contributed by atoms with van der Waals surface area (Å²) in [7, 11) is 0. The Bertz CT molecular complexity index is 1190. The summed E-state index contributed by atoms with van der Waals surface area (Å²) in [5, 5.41) is 5.41. The van der Waals surface area contributed by atoms with E-state index in [0.717, 1.165) is 27.3 Å². The van der Waals surface area contributed by atoms with E-state index in [0.29, 0.717) is 23.7 Å². The van der Waals surface area contributed by atoms with Gasteiger partial charge in [-0.05, 0) is 35.1 Å². The molecule has 4 aromatic rings. The lowest BCUT2D eigenvalue weighted by atomic mass is 10.1. The first kappa shape index (κ1) is 21.1. The molecule has 3 heterocycles. The predicted octanol–water partition coefficient (Wildman–Crippen LogP) is 4.89. The van der Waals surface area contributed by atoms with Gasteiger partial charge in [-0.25, -0.2) is 9.97 Å². The van der Waals surface area contributed by atoms with Crippen LogP contribution < -0.4 is 11.1 Å². The Morgan fingerprint density at radius 2 is 1.81 bits per heavy atom. The van der Waals surface area contributed by atoms with E-state index in [4.69, 9.17) is 5.73 Å². The van der Waals surface area contributed by atoms with E-state index in [2.05, 4.69) is 20.3 Å². The number of nitrogens with two attached hydrogens (primary N) is 1. The molecule has 0 spiro atoms. The van der Waals surface area contributed by atoms with Crippen LogP contribution in [0, 0.1) is 5.95 Å². The molecule has 4 rings (SSSR count). The first-order chi connectivity index (χ1) is 14.8. The van der Waals surface area contributed by atoms with Crippen LogP contribution in [-0.4, -0.2) is 27.5 Å². The molecule has 1 atom stereocenters. The van der Waals surface area contributed by atoms with Crippen molar-refractivity contribution in [3.63, 3.8) is 0 Å². The van der Waals surface area contributed by atoms with E-state index in [1.807, 2.05) is 18.2 Å². The Morgan fingerprint density at radius 1 is 0.968 bits per heavy atom. The molecule has 0 aliphatic heterocycles. The van der Waals surface area contributed by atoms with Crippen LogP contribution in [0.4, 0.5) is 22.7 Å². The second kappa shape index (κ2) is 8.56. The average molecular weight is 447 g/mol. The largest absolute Gasteiger partial charge is 0.433 e. The topological polar surface area (TPSA) is 76.7 Å². The quantitative estimate of drug-likeness (QED) is 0.325. The number of nitrogens with zero attached hydrogens (tertiary/aromatic N) is 3. The van der Waals surface area contributed by atoms with Crippen molar-refractivity contribution in [2.75, 3.05) is 11.9 Å². The van der Waals surface area contributed by atoms with Crippen LogP contribution in [0.2, 0.25) is 0 Å². The molecule has 0 fully saturated rings. The van der Waals surface area contributed by atoms with Gasteiger partial charge in [0.15, 0.2) is 5.13 Å². The van der Waals surface area contributed by atoms with Crippen molar-refractivity contribution < 1.29 is 17.6 Å². The molecule has 0 saturated carbocycles. The van der Waals surface area contributed by atoms with Crippen molar-refractivity contribution in [3.8, 4) is 10.4 Å². The molecule has 0 aliphatic rings. The highest BCUT2D eigenvalue weighted by atomic mass is 32.1. The standard InChI is InChI=1S/C21H17F4N5S/c22-19-7-15-6-13(2-3-14(15)9-28-19)17-11-30-20(31-17)29-10-16(26)5-12-1-4-18(27-8-12)21(23,24)25/h1-4,6-9,11,16H,5,10,26H2,(H,29,30). The number of hydrogen-bond acceptors (Lipinski definition) is 6. The van der Waals surface area contributed by atoms with Gasteiger partial charge in [0, 0.05) is 42.6 Å². The van der Waals surface area contributed by atoms with Gasteiger partial charge >= 0.3 is 6.18 Å². The number of pyridine rings is 2. The smallest absolute Gasteiger partial charge is 0.360 e. The second-order valence-electron chi connectivity index (χ2n) is 6.99. The lowest BCUT2D eigenvalue weighted by Gasteiger charge is -2.12. The van der Waals surface area contributed by atoms with Crippen LogP contribution >= 0.6 is 11.3 Å².